The third kappa shape index (κ3) is 6.22. The summed E-state index contributed by atoms with van der Waals surface area (Å²) in [6.07, 6.45) is -11.3. The number of amides is 1. The van der Waals surface area contributed by atoms with Crippen molar-refractivity contribution in [1.29, 1.82) is 0 Å². The molecule has 40 heavy (non-hydrogen) atoms. The lowest BCUT2D eigenvalue weighted by Gasteiger charge is -2.39. The monoisotopic (exact) mass is 637 g/mol. The number of nitrogens with one attached hydrogen (secondary N) is 1. The number of benzene rings is 1. The number of halogens is 8. The van der Waals surface area contributed by atoms with Crippen molar-refractivity contribution in [3.8, 4) is 10.4 Å². The third-order valence-electron chi connectivity index (χ3n) is 6.53. The topological polar surface area (TPSA) is 106 Å². The number of hydrogen-bond donors (Lipinski definition) is 4. The van der Waals surface area contributed by atoms with Crippen LogP contribution in [0.25, 0.3) is 10.4 Å². The maximum atomic E-state index is 13.5. The van der Waals surface area contributed by atoms with Gasteiger partial charge in [0.05, 0.1) is 20.5 Å². The molecule has 1 aliphatic carbocycles. The van der Waals surface area contributed by atoms with Crippen LogP contribution >= 0.6 is 34.5 Å². The SMILES string of the molecule is CCN(C1CCC1)C(O)c1nc(C(=O)NCC(C)(C)O)sc1-c1ccc(C(O)(C(F)(F)F)C(F)(F)F)c(Cl)c1Cl. The first kappa shape index (κ1) is 32.8. The van der Waals surface area contributed by atoms with Crippen LogP contribution in [0.15, 0.2) is 12.1 Å². The van der Waals surface area contributed by atoms with Gasteiger partial charge in [-0.25, -0.2) is 4.98 Å². The van der Waals surface area contributed by atoms with Crippen LogP contribution in [0.4, 0.5) is 26.3 Å². The molecule has 1 amide bonds. The number of aliphatic hydroxyl groups excluding tert-OH is 1. The van der Waals surface area contributed by atoms with Crippen LogP contribution in [-0.2, 0) is 5.60 Å². The van der Waals surface area contributed by atoms with Gasteiger partial charge in [0.25, 0.3) is 11.5 Å². The van der Waals surface area contributed by atoms with Gasteiger partial charge in [-0.3, -0.25) is 9.69 Å². The van der Waals surface area contributed by atoms with Gasteiger partial charge >= 0.3 is 12.4 Å². The molecule has 3 rings (SSSR count). The van der Waals surface area contributed by atoms with Gasteiger partial charge in [-0.1, -0.05) is 48.7 Å². The van der Waals surface area contributed by atoms with Crippen molar-refractivity contribution >= 4 is 40.4 Å². The molecule has 4 N–H and O–H groups in total. The van der Waals surface area contributed by atoms with Crippen molar-refractivity contribution in [2.24, 2.45) is 0 Å². The van der Waals surface area contributed by atoms with Crippen molar-refractivity contribution in [2.45, 2.75) is 75.9 Å². The predicted molar refractivity (Wildman–Crippen MR) is 137 cm³/mol. The zero-order valence-corrected chi connectivity index (χ0v) is 23.7. The fourth-order valence-electron chi connectivity index (χ4n) is 4.15. The molecule has 1 aliphatic rings. The lowest BCUT2D eigenvalue weighted by molar-refractivity contribution is -0.376. The Bertz CT molecular complexity index is 1230. The second kappa shape index (κ2) is 11.5. The summed E-state index contributed by atoms with van der Waals surface area (Å²) in [6, 6.07) is 1.11. The Balaban J connectivity index is 2.18. The minimum Gasteiger partial charge on any atom is -0.389 e. The van der Waals surface area contributed by atoms with Crippen molar-refractivity contribution in [3.05, 3.63) is 38.4 Å². The van der Waals surface area contributed by atoms with Gasteiger partial charge in [0.2, 0.25) is 0 Å². The van der Waals surface area contributed by atoms with E-state index in [2.05, 4.69) is 10.3 Å². The van der Waals surface area contributed by atoms with Gasteiger partial charge in [-0.15, -0.1) is 11.3 Å². The first-order chi connectivity index (χ1) is 18.2. The Morgan fingerprint density at radius 3 is 2.15 bits per heavy atom. The minimum atomic E-state index is -6.19. The molecule has 2 aromatic rings. The van der Waals surface area contributed by atoms with E-state index in [-0.39, 0.29) is 33.7 Å². The molecule has 1 unspecified atom stereocenters. The van der Waals surface area contributed by atoms with E-state index in [1.54, 1.807) is 11.8 Å². The van der Waals surface area contributed by atoms with Crippen LogP contribution in [-0.4, -0.2) is 68.2 Å². The van der Waals surface area contributed by atoms with Crippen LogP contribution in [0.3, 0.4) is 0 Å². The van der Waals surface area contributed by atoms with Crippen LogP contribution in [0.5, 0.6) is 0 Å². The zero-order valence-electron chi connectivity index (χ0n) is 21.4. The lowest BCUT2D eigenvalue weighted by atomic mass is 9.90. The van der Waals surface area contributed by atoms with E-state index in [0.29, 0.717) is 23.9 Å². The van der Waals surface area contributed by atoms with Gasteiger partial charge in [-0.05, 0) is 33.2 Å². The summed E-state index contributed by atoms with van der Waals surface area (Å²) in [7, 11) is 0. The van der Waals surface area contributed by atoms with Crippen molar-refractivity contribution in [1.82, 2.24) is 15.2 Å². The predicted octanol–water partition coefficient (Wildman–Crippen LogP) is 5.80. The smallest absolute Gasteiger partial charge is 0.389 e. The first-order valence-electron chi connectivity index (χ1n) is 12.0. The zero-order chi connectivity index (χ0) is 30.4. The second-order valence-electron chi connectivity index (χ2n) is 10.0. The Morgan fingerprint density at radius 2 is 1.70 bits per heavy atom. The van der Waals surface area contributed by atoms with Crippen molar-refractivity contribution in [2.75, 3.05) is 13.1 Å². The van der Waals surface area contributed by atoms with E-state index in [1.807, 2.05) is 0 Å². The van der Waals surface area contributed by atoms with Crippen LogP contribution in [0.2, 0.25) is 10.0 Å². The summed E-state index contributed by atoms with van der Waals surface area (Å²) in [5.74, 6) is -0.749. The van der Waals surface area contributed by atoms with E-state index in [0.717, 1.165) is 25.3 Å². The van der Waals surface area contributed by atoms with Crippen LogP contribution < -0.4 is 5.32 Å². The highest BCUT2D eigenvalue weighted by atomic mass is 35.5. The molecule has 1 saturated carbocycles. The number of thiazole rings is 1. The highest BCUT2D eigenvalue weighted by Gasteiger charge is 2.72. The number of rotatable bonds is 9. The van der Waals surface area contributed by atoms with Crippen LogP contribution in [0, 0.1) is 0 Å². The number of hydrogen-bond acceptors (Lipinski definition) is 7. The molecule has 1 atom stereocenters. The average Bonchev–Trinajstić information content (AvgIpc) is 3.23. The first-order valence-corrected chi connectivity index (χ1v) is 13.6. The molecule has 0 aliphatic heterocycles. The largest absolute Gasteiger partial charge is 0.430 e. The molecule has 0 radical (unpaired) electrons. The quantitative estimate of drug-likeness (QED) is 0.205. The molecular formula is C24H27Cl2F6N3O4S. The van der Waals surface area contributed by atoms with Gasteiger partial charge in [0.1, 0.15) is 5.69 Å². The second-order valence-corrected chi connectivity index (χ2v) is 11.8. The van der Waals surface area contributed by atoms with Gasteiger partial charge in [0, 0.05) is 23.7 Å². The highest BCUT2D eigenvalue weighted by Crippen LogP contribution is 2.54. The van der Waals surface area contributed by atoms with E-state index >= 15 is 0 Å². The molecule has 1 fully saturated rings. The molecule has 0 saturated heterocycles. The standard InChI is InChI=1S/C24H27Cl2F6N3O4S/c1-4-35(11-6-5-7-11)20(37)16-17(40-19(34-16)18(36)33-10-21(2,3)38)12-8-9-13(15(26)14(12)25)22(39,23(27,28)29)24(30,31)32/h8-9,11,20,37-39H,4-7,10H2,1-3H3,(H,33,36). The highest BCUT2D eigenvalue weighted by molar-refractivity contribution is 7.17. The number of aliphatic hydroxyl groups is 3. The summed E-state index contributed by atoms with van der Waals surface area (Å²) in [5.41, 5.74) is -8.65. The number of nitrogens with zero attached hydrogens (tertiary/aromatic N) is 2. The summed E-state index contributed by atoms with van der Waals surface area (Å²) in [4.78, 5) is 18.7. The van der Waals surface area contributed by atoms with Gasteiger partial charge in [-0.2, -0.15) is 26.3 Å². The van der Waals surface area contributed by atoms with E-state index in [9.17, 15) is 46.5 Å². The minimum absolute atomic E-state index is 0.0166. The molecule has 0 spiro atoms. The third-order valence-corrected chi connectivity index (χ3v) is 8.52. The summed E-state index contributed by atoms with van der Waals surface area (Å²) in [6.45, 7) is 4.86. The summed E-state index contributed by atoms with van der Waals surface area (Å²) in [5, 5.41) is 31.3. The fourth-order valence-corrected chi connectivity index (χ4v) is 5.80. The Hall–Kier alpha value is -1.68. The molecule has 16 heteroatoms. The Kier molecular flexibility index (Phi) is 9.47. The normalized spacial score (nSPS) is 16.3. The number of aromatic nitrogens is 1. The molecule has 7 nitrogen and oxygen atoms in total. The van der Waals surface area contributed by atoms with E-state index in [1.165, 1.54) is 13.8 Å². The fraction of sp³-hybridized carbons (Fsp3) is 0.583. The maximum Gasteiger partial charge on any atom is 0.430 e. The summed E-state index contributed by atoms with van der Waals surface area (Å²) < 4.78 is 81.0. The van der Waals surface area contributed by atoms with Crippen molar-refractivity contribution in [3.63, 3.8) is 0 Å². The Labute approximate surface area is 239 Å². The van der Waals surface area contributed by atoms with E-state index in [4.69, 9.17) is 23.2 Å². The lowest BCUT2D eigenvalue weighted by Crippen LogP contribution is -2.54. The molecule has 0 bridgehead atoms. The van der Waals surface area contributed by atoms with Gasteiger partial charge in [0.15, 0.2) is 11.2 Å². The van der Waals surface area contributed by atoms with Crippen LogP contribution in [0.1, 0.15) is 67.3 Å². The average molecular weight is 638 g/mol. The summed E-state index contributed by atoms with van der Waals surface area (Å²) >= 11 is 12.8. The molecule has 1 aromatic heterocycles. The Morgan fingerprint density at radius 1 is 1.12 bits per heavy atom. The van der Waals surface area contributed by atoms with Crippen molar-refractivity contribution < 1.29 is 46.5 Å². The number of alkyl halides is 6. The van der Waals surface area contributed by atoms with E-state index < -0.39 is 51.3 Å². The molecule has 224 valence electrons. The molecular weight excluding hydrogens is 611 g/mol. The number of carbonyl (C=O) groups excluding carboxylic acids is 1. The molecule has 1 aromatic carbocycles. The number of carbonyl (C=O) groups is 1. The maximum absolute atomic E-state index is 13.5. The van der Waals surface area contributed by atoms with Gasteiger partial charge < -0.3 is 20.6 Å². The molecule has 1 heterocycles.